The van der Waals surface area contributed by atoms with Crippen molar-refractivity contribution in [2.75, 3.05) is 7.11 Å². The minimum Gasteiger partial charge on any atom is -0.467 e. The van der Waals surface area contributed by atoms with Gasteiger partial charge in [0.2, 0.25) is 5.91 Å². The zero-order valence-electron chi connectivity index (χ0n) is 12.6. The van der Waals surface area contributed by atoms with Crippen LogP contribution < -0.4 is 5.32 Å². The third-order valence-corrected chi connectivity index (χ3v) is 2.75. The van der Waals surface area contributed by atoms with Gasteiger partial charge in [-0.25, -0.2) is 4.79 Å². The number of hydrogen-bond donors (Lipinski definition) is 1. The molecule has 0 saturated heterocycles. The van der Waals surface area contributed by atoms with Gasteiger partial charge in [0, 0.05) is 0 Å². The monoisotopic (exact) mass is 269 g/mol. The van der Waals surface area contributed by atoms with Crippen molar-refractivity contribution in [2.24, 2.45) is 5.92 Å². The summed E-state index contributed by atoms with van der Waals surface area (Å²) in [7, 11) is 1.34. The third-order valence-electron chi connectivity index (χ3n) is 2.75. The average molecular weight is 269 g/mol. The van der Waals surface area contributed by atoms with E-state index < -0.39 is 6.04 Å². The second kappa shape index (κ2) is 10.6. The van der Waals surface area contributed by atoms with E-state index in [0.29, 0.717) is 12.3 Å². The molecule has 0 radical (unpaired) electrons. The summed E-state index contributed by atoms with van der Waals surface area (Å²) in [6, 6.07) is -0.558. The van der Waals surface area contributed by atoms with Crippen molar-refractivity contribution in [1.82, 2.24) is 5.32 Å². The van der Waals surface area contributed by atoms with Crippen LogP contribution in [0.15, 0.2) is 12.2 Å². The van der Waals surface area contributed by atoms with Crippen LogP contribution in [0.1, 0.15) is 52.9 Å². The van der Waals surface area contributed by atoms with Crippen molar-refractivity contribution in [1.29, 1.82) is 0 Å². The number of rotatable bonds is 9. The molecule has 0 spiro atoms. The Bertz CT molecular complexity index is 298. The molecule has 0 aliphatic rings. The number of esters is 1. The van der Waals surface area contributed by atoms with Crippen molar-refractivity contribution < 1.29 is 14.3 Å². The number of amides is 1. The first-order valence-electron chi connectivity index (χ1n) is 7.06. The lowest BCUT2D eigenvalue weighted by atomic mass is 10.0. The molecule has 0 rings (SSSR count). The maximum absolute atomic E-state index is 11.7. The summed E-state index contributed by atoms with van der Waals surface area (Å²) in [5.41, 5.74) is 0. The van der Waals surface area contributed by atoms with Crippen LogP contribution in [0.4, 0.5) is 0 Å². The van der Waals surface area contributed by atoms with Crippen molar-refractivity contribution in [3.05, 3.63) is 12.2 Å². The van der Waals surface area contributed by atoms with E-state index in [1.807, 2.05) is 19.9 Å². The smallest absolute Gasteiger partial charge is 0.328 e. The molecule has 0 bridgehead atoms. The topological polar surface area (TPSA) is 55.4 Å². The Balaban J connectivity index is 4.19. The number of carbonyl (C=O) groups excluding carboxylic acids is 2. The van der Waals surface area contributed by atoms with E-state index in [-0.39, 0.29) is 11.9 Å². The minimum absolute atomic E-state index is 0.229. The highest BCUT2D eigenvalue weighted by Gasteiger charge is 2.21. The van der Waals surface area contributed by atoms with Gasteiger partial charge in [-0.2, -0.15) is 0 Å². The molecule has 19 heavy (non-hydrogen) atoms. The molecule has 1 amide bonds. The molecule has 0 aliphatic carbocycles. The van der Waals surface area contributed by atoms with E-state index >= 15 is 0 Å². The Labute approximate surface area is 116 Å². The largest absolute Gasteiger partial charge is 0.467 e. The van der Waals surface area contributed by atoms with E-state index in [1.165, 1.54) is 26.0 Å². The number of ether oxygens (including phenoxy) is 1. The Morgan fingerprint density at radius 2 is 1.95 bits per heavy atom. The highest BCUT2D eigenvalue weighted by atomic mass is 16.5. The van der Waals surface area contributed by atoms with Gasteiger partial charge in [-0.15, -0.1) is 0 Å². The molecule has 0 aromatic rings. The molecule has 0 aromatic heterocycles. The van der Waals surface area contributed by atoms with Gasteiger partial charge in [-0.05, 0) is 31.3 Å². The predicted octanol–water partition coefficient (Wildman–Crippen LogP) is 2.83. The molecule has 0 heterocycles. The molecular formula is C15H27NO3. The first-order valence-corrected chi connectivity index (χ1v) is 7.06. The summed E-state index contributed by atoms with van der Waals surface area (Å²) in [5, 5.41) is 2.69. The highest BCUT2D eigenvalue weighted by molar-refractivity contribution is 5.91. The van der Waals surface area contributed by atoms with Crippen molar-refractivity contribution in [3.8, 4) is 0 Å². The second-order valence-electron chi connectivity index (χ2n) is 5.11. The lowest BCUT2D eigenvalue weighted by molar-refractivity contribution is -0.145. The van der Waals surface area contributed by atoms with Crippen LogP contribution in [0, 0.1) is 5.92 Å². The van der Waals surface area contributed by atoms with Gasteiger partial charge in [-0.3, -0.25) is 4.79 Å². The fourth-order valence-corrected chi connectivity index (χ4v) is 1.75. The van der Waals surface area contributed by atoms with Crippen LogP contribution in [-0.2, 0) is 14.3 Å². The second-order valence-corrected chi connectivity index (χ2v) is 5.11. The van der Waals surface area contributed by atoms with Crippen molar-refractivity contribution in [3.63, 3.8) is 0 Å². The van der Waals surface area contributed by atoms with Gasteiger partial charge in [0.15, 0.2) is 0 Å². The van der Waals surface area contributed by atoms with Crippen LogP contribution >= 0.6 is 0 Å². The molecule has 110 valence electrons. The van der Waals surface area contributed by atoms with Crippen LogP contribution in [0.2, 0.25) is 0 Å². The Morgan fingerprint density at radius 3 is 2.47 bits per heavy atom. The SMILES string of the molecule is CCCCCC=CC(=O)NC(CC(C)C)C(=O)OC. The molecular weight excluding hydrogens is 242 g/mol. The molecule has 4 nitrogen and oxygen atoms in total. The van der Waals surface area contributed by atoms with Crippen LogP contribution in [0.3, 0.4) is 0 Å². The van der Waals surface area contributed by atoms with Gasteiger partial charge in [0.05, 0.1) is 7.11 Å². The van der Waals surface area contributed by atoms with Crippen LogP contribution in [-0.4, -0.2) is 25.0 Å². The quantitative estimate of drug-likeness (QED) is 0.398. The van der Waals surface area contributed by atoms with E-state index in [4.69, 9.17) is 4.74 Å². The summed E-state index contributed by atoms with van der Waals surface area (Å²) in [4.78, 5) is 23.2. The standard InChI is InChI=1S/C15H27NO3/c1-5-6-7-8-9-10-14(17)16-13(11-12(2)3)15(18)19-4/h9-10,12-13H,5-8,11H2,1-4H3,(H,16,17). The molecule has 4 heteroatoms. The number of unbranched alkanes of at least 4 members (excludes halogenated alkanes) is 3. The summed E-state index contributed by atoms with van der Waals surface area (Å²) in [6.07, 6.45) is 8.27. The fraction of sp³-hybridized carbons (Fsp3) is 0.733. The predicted molar refractivity (Wildman–Crippen MR) is 76.7 cm³/mol. The van der Waals surface area contributed by atoms with Gasteiger partial charge in [0.25, 0.3) is 0 Å². The summed E-state index contributed by atoms with van der Waals surface area (Å²) >= 11 is 0. The number of allylic oxidation sites excluding steroid dienone is 1. The molecule has 0 fully saturated rings. The average Bonchev–Trinajstić information content (AvgIpc) is 2.36. The molecule has 0 saturated carbocycles. The third kappa shape index (κ3) is 9.28. The van der Waals surface area contributed by atoms with Crippen LogP contribution in [0.5, 0.6) is 0 Å². The maximum Gasteiger partial charge on any atom is 0.328 e. The summed E-state index contributed by atoms with van der Waals surface area (Å²) in [5.74, 6) is -0.299. The number of methoxy groups -OCH3 is 1. The Hall–Kier alpha value is -1.32. The number of nitrogens with one attached hydrogen (secondary N) is 1. The zero-order valence-corrected chi connectivity index (χ0v) is 12.6. The molecule has 0 aliphatic heterocycles. The molecule has 1 unspecified atom stereocenters. The van der Waals surface area contributed by atoms with E-state index in [2.05, 4.69) is 12.2 Å². The van der Waals surface area contributed by atoms with E-state index in [9.17, 15) is 9.59 Å². The Morgan fingerprint density at radius 1 is 1.26 bits per heavy atom. The van der Waals surface area contributed by atoms with E-state index in [1.54, 1.807) is 0 Å². The van der Waals surface area contributed by atoms with Gasteiger partial charge < -0.3 is 10.1 Å². The fourth-order valence-electron chi connectivity index (χ4n) is 1.75. The number of carbonyl (C=O) groups is 2. The lowest BCUT2D eigenvalue weighted by Crippen LogP contribution is -2.41. The molecule has 1 N–H and O–H groups in total. The molecule has 1 atom stereocenters. The summed E-state index contributed by atoms with van der Waals surface area (Å²) < 4.78 is 4.69. The Kier molecular flexibility index (Phi) is 9.85. The van der Waals surface area contributed by atoms with Crippen molar-refractivity contribution >= 4 is 11.9 Å². The lowest BCUT2D eigenvalue weighted by Gasteiger charge is -2.17. The highest BCUT2D eigenvalue weighted by Crippen LogP contribution is 2.06. The first-order chi connectivity index (χ1) is 9.01. The zero-order chi connectivity index (χ0) is 14.7. The van der Waals surface area contributed by atoms with Gasteiger partial charge in [-0.1, -0.05) is 39.7 Å². The van der Waals surface area contributed by atoms with Crippen LogP contribution in [0.25, 0.3) is 0 Å². The first kappa shape index (κ1) is 17.7. The maximum atomic E-state index is 11.7. The molecule has 0 aromatic carbocycles. The summed E-state index contributed by atoms with van der Waals surface area (Å²) in [6.45, 7) is 6.15. The van der Waals surface area contributed by atoms with Gasteiger partial charge >= 0.3 is 5.97 Å². The van der Waals surface area contributed by atoms with E-state index in [0.717, 1.165) is 12.8 Å². The van der Waals surface area contributed by atoms with Gasteiger partial charge in [0.1, 0.15) is 6.04 Å². The number of hydrogen-bond acceptors (Lipinski definition) is 3. The minimum atomic E-state index is -0.558. The normalized spacial score (nSPS) is 12.7. The van der Waals surface area contributed by atoms with Crippen molar-refractivity contribution in [2.45, 2.75) is 58.9 Å².